The van der Waals surface area contributed by atoms with Crippen LogP contribution in [0.15, 0.2) is 0 Å². The van der Waals surface area contributed by atoms with E-state index in [9.17, 15) is 4.79 Å². The molecule has 12 heavy (non-hydrogen) atoms. The molecule has 1 rings (SSSR count). The van der Waals surface area contributed by atoms with Gasteiger partial charge in [-0.3, -0.25) is 4.79 Å². The number of nitrogens with one attached hydrogen (secondary N) is 2. The van der Waals surface area contributed by atoms with Crippen LogP contribution in [0.3, 0.4) is 0 Å². The number of hydrogen-bond acceptors (Lipinski definition) is 3. The van der Waals surface area contributed by atoms with Gasteiger partial charge in [0, 0.05) is 19.6 Å². The maximum absolute atomic E-state index is 11.2. The molecule has 4 N–H and O–H groups in total. The van der Waals surface area contributed by atoms with Crippen LogP contribution in [0.2, 0.25) is 0 Å². The molecule has 0 unspecified atom stereocenters. The number of nitrogens with two attached hydrogens (primary N) is 1. The maximum Gasteiger partial charge on any atom is 0.224 e. The highest BCUT2D eigenvalue weighted by Crippen LogP contribution is 2.06. The Hall–Kier alpha value is -0.320. The molecule has 1 heterocycles. The Balaban J connectivity index is 0.00000121. The van der Waals surface area contributed by atoms with Crippen LogP contribution in [0.5, 0.6) is 0 Å². The summed E-state index contributed by atoms with van der Waals surface area (Å²) in [6.45, 7) is 2.89. The smallest absolute Gasteiger partial charge is 0.224 e. The summed E-state index contributed by atoms with van der Waals surface area (Å²) in [5, 5.41) is 5.91. The first-order valence-electron chi connectivity index (χ1n) is 4.03. The second-order valence-electron chi connectivity index (χ2n) is 2.77. The summed E-state index contributed by atoms with van der Waals surface area (Å²) in [5.41, 5.74) is 5.25. The van der Waals surface area contributed by atoms with Crippen molar-refractivity contribution in [3.63, 3.8) is 0 Å². The second-order valence-corrected chi connectivity index (χ2v) is 2.77. The molecule has 5 heteroatoms. The first-order valence-corrected chi connectivity index (χ1v) is 4.03. The molecular formula is C7H16ClN3O. The average Bonchev–Trinajstić information content (AvgIpc) is 2.52. The van der Waals surface area contributed by atoms with Gasteiger partial charge in [-0.2, -0.15) is 0 Å². The molecule has 0 radical (unpaired) electrons. The first-order chi connectivity index (χ1) is 5.34. The Morgan fingerprint density at radius 3 is 2.92 bits per heavy atom. The van der Waals surface area contributed by atoms with Crippen molar-refractivity contribution in [3.8, 4) is 0 Å². The van der Waals surface area contributed by atoms with E-state index in [1.807, 2.05) is 0 Å². The molecule has 4 nitrogen and oxygen atoms in total. The van der Waals surface area contributed by atoms with Gasteiger partial charge in [0.25, 0.3) is 0 Å². The lowest BCUT2D eigenvalue weighted by atomic mass is 10.1. The summed E-state index contributed by atoms with van der Waals surface area (Å²) in [4.78, 5) is 11.2. The Morgan fingerprint density at radius 1 is 1.67 bits per heavy atom. The van der Waals surface area contributed by atoms with Crippen molar-refractivity contribution in [3.05, 3.63) is 0 Å². The molecule has 1 aliphatic rings. The molecule has 72 valence electrons. The van der Waals surface area contributed by atoms with Crippen molar-refractivity contribution < 1.29 is 4.79 Å². The summed E-state index contributed by atoms with van der Waals surface area (Å²) in [5.74, 6) is 0.307. The van der Waals surface area contributed by atoms with Crippen LogP contribution in [-0.4, -0.2) is 32.1 Å². The van der Waals surface area contributed by atoms with Gasteiger partial charge in [0.2, 0.25) is 5.91 Å². The third-order valence-electron chi connectivity index (χ3n) is 1.87. The van der Waals surface area contributed by atoms with Crippen molar-refractivity contribution in [2.75, 3.05) is 26.2 Å². The van der Waals surface area contributed by atoms with E-state index in [4.69, 9.17) is 5.73 Å². The van der Waals surface area contributed by atoms with E-state index in [2.05, 4.69) is 10.6 Å². The van der Waals surface area contributed by atoms with Crippen LogP contribution in [0.25, 0.3) is 0 Å². The van der Waals surface area contributed by atoms with E-state index in [1.165, 1.54) is 0 Å². The zero-order valence-electron chi connectivity index (χ0n) is 7.01. The van der Waals surface area contributed by atoms with Crippen LogP contribution < -0.4 is 16.4 Å². The summed E-state index contributed by atoms with van der Waals surface area (Å²) in [7, 11) is 0. The lowest BCUT2D eigenvalue weighted by Gasteiger charge is -2.07. The molecule has 0 spiro atoms. The molecule has 0 aromatic rings. The SMILES string of the molecule is Cl.NCCNC(=O)[C@H]1CCNC1. The van der Waals surface area contributed by atoms with Crippen molar-refractivity contribution in [2.24, 2.45) is 11.7 Å². The van der Waals surface area contributed by atoms with Gasteiger partial charge in [0.15, 0.2) is 0 Å². The Morgan fingerprint density at radius 2 is 2.42 bits per heavy atom. The van der Waals surface area contributed by atoms with Crippen LogP contribution in [-0.2, 0) is 4.79 Å². The second kappa shape index (κ2) is 6.22. The van der Waals surface area contributed by atoms with Gasteiger partial charge in [0.05, 0.1) is 5.92 Å². The van der Waals surface area contributed by atoms with Crippen molar-refractivity contribution in [2.45, 2.75) is 6.42 Å². The Kier molecular flexibility index (Phi) is 6.06. The van der Waals surface area contributed by atoms with Crippen molar-refractivity contribution in [1.82, 2.24) is 10.6 Å². The highest BCUT2D eigenvalue weighted by atomic mass is 35.5. The fraction of sp³-hybridized carbons (Fsp3) is 0.857. The van der Waals surface area contributed by atoms with E-state index < -0.39 is 0 Å². The highest BCUT2D eigenvalue weighted by Gasteiger charge is 2.21. The van der Waals surface area contributed by atoms with E-state index in [0.29, 0.717) is 13.1 Å². The van der Waals surface area contributed by atoms with E-state index in [1.54, 1.807) is 0 Å². The van der Waals surface area contributed by atoms with Crippen LogP contribution in [0.1, 0.15) is 6.42 Å². The molecule has 1 amide bonds. The predicted octanol–water partition coefficient (Wildman–Crippen LogP) is -0.907. The highest BCUT2D eigenvalue weighted by molar-refractivity contribution is 5.85. The summed E-state index contributed by atoms with van der Waals surface area (Å²) in [6.07, 6.45) is 0.955. The fourth-order valence-corrected chi connectivity index (χ4v) is 1.22. The topological polar surface area (TPSA) is 67.1 Å². The minimum Gasteiger partial charge on any atom is -0.355 e. The van der Waals surface area contributed by atoms with E-state index in [0.717, 1.165) is 19.5 Å². The monoisotopic (exact) mass is 193 g/mol. The number of carbonyl (C=O) groups is 1. The molecule has 1 atom stereocenters. The molecule has 0 aromatic carbocycles. The molecule has 1 saturated heterocycles. The third kappa shape index (κ3) is 3.38. The fourth-order valence-electron chi connectivity index (χ4n) is 1.22. The van der Waals surface area contributed by atoms with Gasteiger partial charge >= 0.3 is 0 Å². The Bertz CT molecular complexity index is 137. The summed E-state index contributed by atoms with van der Waals surface area (Å²) in [6, 6.07) is 0. The predicted molar refractivity (Wildman–Crippen MR) is 50.3 cm³/mol. The molecular weight excluding hydrogens is 178 g/mol. The van der Waals surface area contributed by atoms with Gasteiger partial charge in [0.1, 0.15) is 0 Å². The van der Waals surface area contributed by atoms with Crippen molar-refractivity contribution >= 4 is 18.3 Å². The number of hydrogen-bond donors (Lipinski definition) is 3. The normalized spacial score (nSPS) is 21.6. The summed E-state index contributed by atoms with van der Waals surface area (Å²) >= 11 is 0. The third-order valence-corrected chi connectivity index (χ3v) is 1.87. The van der Waals surface area contributed by atoms with E-state index >= 15 is 0 Å². The average molecular weight is 194 g/mol. The van der Waals surface area contributed by atoms with Crippen molar-refractivity contribution in [1.29, 1.82) is 0 Å². The lowest BCUT2D eigenvalue weighted by Crippen LogP contribution is -2.35. The lowest BCUT2D eigenvalue weighted by molar-refractivity contribution is -0.124. The minimum absolute atomic E-state index is 0. The van der Waals surface area contributed by atoms with Gasteiger partial charge in [-0.15, -0.1) is 12.4 Å². The summed E-state index contributed by atoms with van der Waals surface area (Å²) < 4.78 is 0. The number of amides is 1. The van der Waals surface area contributed by atoms with Crippen LogP contribution >= 0.6 is 12.4 Å². The number of rotatable bonds is 3. The molecule has 0 saturated carbocycles. The zero-order chi connectivity index (χ0) is 8.10. The molecule has 0 aromatic heterocycles. The number of carbonyl (C=O) groups excluding carboxylic acids is 1. The quantitative estimate of drug-likeness (QED) is 0.544. The number of halogens is 1. The largest absolute Gasteiger partial charge is 0.355 e. The molecule has 1 aliphatic heterocycles. The van der Waals surface area contributed by atoms with Gasteiger partial charge in [-0.25, -0.2) is 0 Å². The van der Waals surface area contributed by atoms with Gasteiger partial charge < -0.3 is 16.4 Å². The standard InChI is InChI=1S/C7H15N3O.ClH/c8-2-4-10-7(11)6-1-3-9-5-6;/h6,9H,1-5,8H2,(H,10,11);1H/t6-;/m0./s1. The Labute approximate surface area is 78.7 Å². The van der Waals surface area contributed by atoms with E-state index in [-0.39, 0.29) is 24.2 Å². The zero-order valence-corrected chi connectivity index (χ0v) is 7.82. The van der Waals surface area contributed by atoms with Crippen LogP contribution in [0.4, 0.5) is 0 Å². The molecule has 0 bridgehead atoms. The maximum atomic E-state index is 11.2. The molecule has 0 aliphatic carbocycles. The van der Waals surface area contributed by atoms with Crippen LogP contribution in [0, 0.1) is 5.92 Å². The van der Waals surface area contributed by atoms with Gasteiger partial charge in [-0.05, 0) is 13.0 Å². The minimum atomic E-state index is 0. The first kappa shape index (κ1) is 11.7. The van der Waals surface area contributed by atoms with Gasteiger partial charge in [-0.1, -0.05) is 0 Å². The molecule has 1 fully saturated rings.